The maximum atomic E-state index is 12.4. The molecule has 2 heterocycles. The first-order valence-corrected chi connectivity index (χ1v) is 7.43. The zero-order valence-corrected chi connectivity index (χ0v) is 12.6. The highest BCUT2D eigenvalue weighted by Crippen LogP contribution is 2.28. The van der Waals surface area contributed by atoms with Gasteiger partial charge in [0.15, 0.2) is 0 Å². The molecule has 6 heteroatoms. The maximum absolute atomic E-state index is 12.4. The molecule has 2 rings (SSSR count). The summed E-state index contributed by atoms with van der Waals surface area (Å²) in [6, 6.07) is 0.327. The summed E-state index contributed by atoms with van der Waals surface area (Å²) < 4.78 is 0. The van der Waals surface area contributed by atoms with Crippen LogP contribution in [-0.2, 0) is 4.79 Å². The average molecular weight is 283 g/mol. The fourth-order valence-electron chi connectivity index (χ4n) is 3.40. The number of carbonyl (C=O) groups is 2. The second-order valence-corrected chi connectivity index (χ2v) is 6.20. The number of carboxylic acid groups (broad SMARTS) is 1. The van der Waals surface area contributed by atoms with Crippen molar-refractivity contribution in [1.82, 2.24) is 15.1 Å². The van der Waals surface area contributed by atoms with Crippen molar-refractivity contribution in [3.05, 3.63) is 0 Å². The monoisotopic (exact) mass is 283 g/mol. The van der Waals surface area contributed by atoms with Crippen LogP contribution in [0.2, 0.25) is 0 Å². The molecule has 2 amide bonds. The number of nitrogens with one attached hydrogen (secondary N) is 1. The van der Waals surface area contributed by atoms with Gasteiger partial charge in [-0.3, -0.25) is 4.90 Å². The SMILES string of the molecule is CCN(C(=O)NC1CCN2CCCC12)C(C)(C)C(=O)O. The summed E-state index contributed by atoms with van der Waals surface area (Å²) in [5, 5.41) is 12.3. The number of carbonyl (C=O) groups excluding carboxylic acids is 1. The number of fused-ring (bicyclic) bond motifs is 1. The summed E-state index contributed by atoms with van der Waals surface area (Å²) in [5.41, 5.74) is -1.19. The molecule has 2 fully saturated rings. The Balaban J connectivity index is 2.01. The normalized spacial score (nSPS) is 26.4. The number of likely N-dealkylation sites (N-methyl/N-ethyl adjacent to an activating group) is 1. The van der Waals surface area contributed by atoms with Crippen molar-refractivity contribution in [2.45, 2.75) is 57.7 Å². The lowest BCUT2D eigenvalue weighted by atomic mass is 10.0. The van der Waals surface area contributed by atoms with E-state index in [0.717, 1.165) is 25.9 Å². The lowest BCUT2D eigenvalue weighted by molar-refractivity contribution is -0.147. The van der Waals surface area contributed by atoms with Crippen LogP contribution < -0.4 is 5.32 Å². The molecule has 2 atom stereocenters. The van der Waals surface area contributed by atoms with E-state index in [2.05, 4.69) is 10.2 Å². The number of amides is 2. The van der Waals surface area contributed by atoms with Gasteiger partial charge < -0.3 is 15.3 Å². The van der Waals surface area contributed by atoms with Gasteiger partial charge in [-0.15, -0.1) is 0 Å². The Kier molecular flexibility index (Phi) is 4.22. The van der Waals surface area contributed by atoms with Gasteiger partial charge in [0.05, 0.1) is 0 Å². The third kappa shape index (κ3) is 2.61. The van der Waals surface area contributed by atoms with Crippen molar-refractivity contribution in [3.63, 3.8) is 0 Å². The van der Waals surface area contributed by atoms with E-state index in [0.29, 0.717) is 12.6 Å². The highest BCUT2D eigenvalue weighted by molar-refractivity contribution is 5.85. The molecule has 0 aromatic heterocycles. The van der Waals surface area contributed by atoms with Gasteiger partial charge in [-0.25, -0.2) is 9.59 Å². The molecule has 0 aromatic rings. The minimum atomic E-state index is -1.19. The summed E-state index contributed by atoms with van der Waals surface area (Å²) in [7, 11) is 0. The molecule has 20 heavy (non-hydrogen) atoms. The second-order valence-electron chi connectivity index (χ2n) is 6.20. The van der Waals surface area contributed by atoms with Crippen LogP contribution in [0.4, 0.5) is 4.79 Å². The molecule has 0 aromatic carbocycles. The van der Waals surface area contributed by atoms with E-state index in [1.54, 1.807) is 20.8 Å². The van der Waals surface area contributed by atoms with Gasteiger partial charge in [-0.05, 0) is 46.6 Å². The Bertz CT molecular complexity index is 397. The number of carboxylic acids is 1. The zero-order valence-electron chi connectivity index (χ0n) is 12.6. The number of rotatable bonds is 4. The molecule has 2 saturated heterocycles. The first-order chi connectivity index (χ1) is 9.37. The highest BCUT2D eigenvalue weighted by atomic mass is 16.4. The minimum absolute atomic E-state index is 0.156. The summed E-state index contributed by atoms with van der Waals surface area (Å²) in [6.07, 6.45) is 3.27. The molecular weight excluding hydrogens is 258 g/mol. The van der Waals surface area contributed by atoms with Gasteiger partial charge in [0.2, 0.25) is 0 Å². The first kappa shape index (κ1) is 15.1. The van der Waals surface area contributed by atoms with Crippen molar-refractivity contribution in [1.29, 1.82) is 0 Å². The maximum Gasteiger partial charge on any atom is 0.329 e. The van der Waals surface area contributed by atoms with Crippen molar-refractivity contribution in [2.75, 3.05) is 19.6 Å². The van der Waals surface area contributed by atoms with E-state index in [-0.39, 0.29) is 12.1 Å². The van der Waals surface area contributed by atoms with Crippen LogP contribution in [0.25, 0.3) is 0 Å². The van der Waals surface area contributed by atoms with E-state index in [1.165, 1.54) is 11.3 Å². The third-order valence-electron chi connectivity index (χ3n) is 4.67. The van der Waals surface area contributed by atoms with Gasteiger partial charge in [-0.1, -0.05) is 0 Å². The molecular formula is C14H25N3O3. The van der Waals surface area contributed by atoms with Crippen LogP contribution in [0, 0.1) is 0 Å². The molecule has 0 radical (unpaired) electrons. The largest absolute Gasteiger partial charge is 0.480 e. The molecule has 0 aliphatic carbocycles. The summed E-state index contributed by atoms with van der Waals surface area (Å²) in [5.74, 6) is -0.983. The number of hydrogen-bond acceptors (Lipinski definition) is 3. The predicted molar refractivity (Wildman–Crippen MR) is 75.6 cm³/mol. The Labute approximate surface area is 120 Å². The van der Waals surface area contributed by atoms with Gasteiger partial charge >= 0.3 is 12.0 Å². The Hall–Kier alpha value is -1.30. The van der Waals surface area contributed by atoms with Gasteiger partial charge in [0.25, 0.3) is 0 Å². The smallest absolute Gasteiger partial charge is 0.329 e. The Morgan fingerprint density at radius 1 is 1.35 bits per heavy atom. The number of nitrogens with zero attached hydrogens (tertiary/aromatic N) is 2. The second kappa shape index (κ2) is 5.60. The van der Waals surface area contributed by atoms with E-state index in [9.17, 15) is 14.7 Å². The molecule has 0 saturated carbocycles. The lowest BCUT2D eigenvalue weighted by Crippen LogP contribution is -2.58. The summed E-state index contributed by atoms with van der Waals surface area (Å²) >= 11 is 0. The zero-order chi connectivity index (χ0) is 14.9. The standard InChI is InChI=1S/C14H25N3O3/c1-4-17(14(2,3)12(18)19)13(20)15-10-7-9-16-8-5-6-11(10)16/h10-11H,4-9H2,1-3H3,(H,15,20)(H,18,19). The average Bonchev–Trinajstić information content (AvgIpc) is 2.94. The Morgan fingerprint density at radius 2 is 2.05 bits per heavy atom. The van der Waals surface area contributed by atoms with Crippen molar-refractivity contribution < 1.29 is 14.7 Å². The quantitative estimate of drug-likeness (QED) is 0.811. The molecule has 2 N–H and O–H groups in total. The number of urea groups is 1. The highest BCUT2D eigenvalue weighted by Gasteiger charge is 2.41. The van der Waals surface area contributed by atoms with Gasteiger partial charge in [0.1, 0.15) is 5.54 Å². The van der Waals surface area contributed by atoms with E-state index in [1.807, 2.05) is 0 Å². The minimum Gasteiger partial charge on any atom is -0.480 e. The summed E-state index contributed by atoms with van der Waals surface area (Å²) in [4.78, 5) is 27.5. The first-order valence-electron chi connectivity index (χ1n) is 7.43. The number of aliphatic carboxylic acids is 1. The van der Waals surface area contributed by atoms with E-state index < -0.39 is 11.5 Å². The number of hydrogen-bond donors (Lipinski definition) is 2. The molecule has 0 bridgehead atoms. The fourth-order valence-corrected chi connectivity index (χ4v) is 3.40. The third-order valence-corrected chi connectivity index (χ3v) is 4.67. The molecule has 2 aliphatic heterocycles. The molecule has 6 nitrogen and oxygen atoms in total. The van der Waals surface area contributed by atoms with Crippen LogP contribution in [0.5, 0.6) is 0 Å². The van der Waals surface area contributed by atoms with Crippen LogP contribution >= 0.6 is 0 Å². The fraction of sp³-hybridized carbons (Fsp3) is 0.857. The van der Waals surface area contributed by atoms with E-state index in [4.69, 9.17) is 0 Å². The van der Waals surface area contributed by atoms with Crippen LogP contribution in [-0.4, -0.2) is 64.2 Å². The van der Waals surface area contributed by atoms with Crippen molar-refractivity contribution in [3.8, 4) is 0 Å². The van der Waals surface area contributed by atoms with Crippen LogP contribution in [0.1, 0.15) is 40.0 Å². The lowest BCUT2D eigenvalue weighted by Gasteiger charge is -2.35. The van der Waals surface area contributed by atoms with Gasteiger partial charge in [0, 0.05) is 25.2 Å². The van der Waals surface area contributed by atoms with Gasteiger partial charge in [-0.2, -0.15) is 0 Å². The van der Waals surface area contributed by atoms with Crippen LogP contribution in [0.15, 0.2) is 0 Å². The van der Waals surface area contributed by atoms with Crippen molar-refractivity contribution >= 4 is 12.0 Å². The molecule has 2 aliphatic rings. The Morgan fingerprint density at radius 3 is 2.65 bits per heavy atom. The summed E-state index contributed by atoms with van der Waals surface area (Å²) in [6.45, 7) is 7.47. The molecule has 2 unspecified atom stereocenters. The topological polar surface area (TPSA) is 72.9 Å². The van der Waals surface area contributed by atoms with E-state index >= 15 is 0 Å². The van der Waals surface area contributed by atoms with Crippen LogP contribution in [0.3, 0.4) is 0 Å². The molecule has 114 valence electrons. The predicted octanol–water partition coefficient (Wildman–Crippen LogP) is 1.12. The molecule has 0 spiro atoms. The van der Waals surface area contributed by atoms with Crippen molar-refractivity contribution in [2.24, 2.45) is 0 Å².